The van der Waals surface area contributed by atoms with Gasteiger partial charge in [-0.3, -0.25) is 9.48 Å². The largest absolute Gasteiger partial charge is 0.478 e. The van der Waals surface area contributed by atoms with Gasteiger partial charge in [0.25, 0.3) is 5.91 Å². The van der Waals surface area contributed by atoms with Crippen molar-refractivity contribution in [2.45, 2.75) is 65.6 Å². The summed E-state index contributed by atoms with van der Waals surface area (Å²) in [6, 6.07) is 0.466. The molecular weight excluding hydrogens is 242 g/mol. The maximum Gasteiger partial charge on any atom is 0.260 e. The summed E-state index contributed by atoms with van der Waals surface area (Å²) in [5.41, 5.74) is 0. The lowest BCUT2D eigenvalue weighted by Gasteiger charge is -2.17. The molecule has 1 aromatic heterocycles. The Morgan fingerprint density at radius 3 is 2.63 bits per heavy atom. The topological polar surface area (TPSA) is 56.1 Å². The number of carbonyl (C=O) groups excluding carboxylic acids is 1. The van der Waals surface area contributed by atoms with Crippen molar-refractivity contribution in [2.75, 3.05) is 0 Å². The molecule has 0 aliphatic carbocycles. The van der Waals surface area contributed by atoms with Gasteiger partial charge in [0.05, 0.1) is 12.4 Å². The molecule has 5 nitrogen and oxygen atoms in total. The van der Waals surface area contributed by atoms with Gasteiger partial charge in [0.1, 0.15) is 0 Å². The van der Waals surface area contributed by atoms with E-state index in [1.807, 2.05) is 27.0 Å². The van der Waals surface area contributed by atoms with Crippen LogP contribution in [0.5, 0.6) is 5.75 Å². The molecule has 1 amide bonds. The number of amides is 1. The molecule has 0 aliphatic heterocycles. The summed E-state index contributed by atoms with van der Waals surface area (Å²) in [7, 11) is 0. The maximum atomic E-state index is 11.9. The van der Waals surface area contributed by atoms with Gasteiger partial charge in [-0.2, -0.15) is 5.10 Å². The van der Waals surface area contributed by atoms with Gasteiger partial charge in [-0.15, -0.1) is 0 Å². The van der Waals surface area contributed by atoms with E-state index >= 15 is 0 Å². The van der Waals surface area contributed by atoms with Crippen LogP contribution in [0, 0.1) is 0 Å². The summed E-state index contributed by atoms with van der Waals surface area (Å²) in [6.07, 6.45) is 4.97. The molecule has 0 aromatic carbocycles. The molecule has 0 bridgehead atoms. The van der Waals surface area contributed by atoms with Gasteiger partial charge in [0, 0.05) is 12.1 Å². The first-order valence-corrected chi connectivity index (χ1v) is 6.95. The van der Waals surface area contributed by atoms with Crippen LogP contribution in [0.4, 0.5) is 0 Å². The van der Waals surface area contributed by atoms with E-state index in [9.17, 15) is 4.79 Å². The van der Waals surface area contributed by atoms with Crippen molar-refractivity contribution in [2.24, 2.45) is 0 Å². The van der Waals surface area contributed by atoms with Gasteiger partial charge in [0.2, 0.25) is 0 Å². The zero-order valence-electron chi connectivity index (χ0n) is 12.5. The first-order chi connectivity index (χ1) is 8.93. The molecule has 1 rings (SSSR count). The van der Waals surface area contributed by atoms with E-state index in [0.717, 1.165) is 12.8 Å². The van der Waals surface area contributed by atoms with Crippen molar-refractivity contribution in [1.29, 1.82) is 0 Å². The number of hydrogen-bond acceptors (Lipinski definition) is 3. The second-order valence-corrected chi connectivity index (χ2v) is 5.21. The summed E-state index contributed by atoms with van der Waals surface area (Å²) in [6.45, 7) is 9.94. The Bertz CT molecular complexity index is 401. The summed E-state index contributed by atoms with van der Waals surface area (Å²) in [4.78, 5) is 11.9. The van der Waals surface area contributed by atoms with Gasteiger partial charge in [-0.1, -0.05) is 13.3 Å². The third-order valence-electron chi connectivity index (χ3n) is 2.90. The highest BCUT2D eigenvalue weighted by molar-refractivity contribution is 5.80. The molecule has 5 heteroatoms. The van der Waals surface area contributed by atoms with Gasteiger partial charge < -0.3 is 10.1 Å². The van der Waals surface area contributed by atoms with E-state index in [4.69, 9.17) is 4.74 Å². The standard InChI is InChI=1S/C14H25N3O2/c1-6-7-11(4)16-14(18)12(5)19-13-8-15-17(9-13)10(2)3/h8-12H,6-7H2,1-5H3,(H,16,18). The van der Waals surface area contributed by atoms with E-state index in [2.05, 4.69) is 17.3 Å². The number of ether oxygens (including phenoxy) is 1. The molecule has 0 spiro atoms. The SMILES string of the molecule is CCCC(C)NC(=O)C(C)Oc1cnn(C(C)C)c1. The van der Waals surface area contributed by atoms with Gasteiger partial charge >= 0.3 is 0 Å². The number of rotatable bonds is 7. The molecule has 19 heavy (non-hydrogen) atoms. The quantitative estimate of drug-likeness (QED) is 0.826. The minimum absolute atomic E-state index is 0.0850. The van der Waals surface area contributed by atoms with Crippen LogP contribution in [0.1, 0.15) is 53.5 Å². The van der Waals surface area contributed by atoms with Crippen molar-refractivity contribution in [3.05, 3.63) is 12.4 Å². The normalized spacial score (nSPS) is 14.2. The van der Waals surface area contributed by atoms with Crippen LogP contribution in [0.3, 0.4) is 0 Å². The van der Waals surface area contributed by atoms with Crippen LogP contribution in [-0.4, -0.2) is 27.8 Å². The minimum atomic E-state index is -0.510. The van der Waals surface area contributed by atoms with Crippen molar-refractivity contribution in [1.82, 2.24) is 15.1 Å². The predicted molar refractivity (Wildman–Crippen MR) is 75.2 cm³/mol. The predicted octanol–water partition coefficient (Wildman–Crippen LogP) is 2.54. The van der Waals surface area contributed by atoms with Crippen molar-refractivity contribution >= 4 is 5.91 Å². The lowest BCUT2D eigenvalue weighted by molar-refractivity contribution is -0.127. The molecule has 1 aromatic rings. The number of hydrogen-bond donors (Lipinski definition) is 1. The molecule has 0 saturated carbocycles. The Morgan fingerprint density at radius 1 is 1.42 bits per heavy atom. The Morgan fingerprint density at radius 2 is 2.11 bits per heavy atom. The number of carbonyl (C=O) groups is 1. The van der Waals surface area contributed by atoms with E-state index in [0.29, 0.717) is 5.75 Å². The molecule has 108 valence electrons. The fourth-order valence-electron chi connectivity index (χ4n) is 1.79. The fraction of sp³-hybridized carbons (Fsp3) is 0.714. The smallest absolute Gasteiger partial charge is 0.260 e. The first-order valence-electron chi connectivity index (χ1n) is 6.95. The highest BCUT2D eigenvalue weighted by Crippen LogP contribution is 2.14. The Balaban J connectivity index is 2.48. The first kappa shape index (κ1) is 15.5. The third-order valence-corrected chi connectivity index (χ3v) is 2.90. The van der Waals surface area contributed by atoms with Crippen LogP contribution in [-0.2, 0) is 4.79 Å². The van der Waals surface area contributed by atoms with Crippen LogP contribution >= 0.6 is 0 Å². The van der Waals surface area contributed by atoms with Gasteiger partial charge in [-0.25, -0.2) is 0 Å². The molecule has 2 atom stereocenters. The average molecular weight is 267 g/mol. The molecule has 1 N–H and O–H groups in total. The number of aromatic nitrogens is 2. The maximum absolute atomic E-state index is 11.9. The molecule has 0 aliphatic rings. The zero-order valence-corrected chi connectivity index (χ0v) is 12.5. The Kier molecular flexibility index (Phi) is 5.86. The summed E-state index contributed by atoms with van der Waals surface area (Å²) in [5, 5.41) is 7.12. The van der Waals surface area contributed by atoms with Crippen LogP contribution in [0.15, 0.2) is 12.4 Å². The fourth-order valence-corrected chi connectivity index (χ4v) is 1.79. The molecule has 1 heterocycles. The van der Waals surface area contributed by atoms with Crippen molar-refractivity contribution in [3.8, 4) is 5.75 Å². The van der Waals surface area contributed by atoms with E-state index in [1.54, 1.807) is 17.8 Å². The van der Waals surface area contributed by atoms with Gasteiger partial charge in [0.15, 0.2) is 11.9 Å². The van der Waals surface area contributed by atoms with Crippen LogP contribution in [0.2, 0.25) is 0 Å². The monoisotopic (exact) mass is 267 g/mol. The molecule has 0 saturated heterocycles. The van der Waals surface area contributed by atoms with Gasteiger partial charge in [-0.05, 0) is 34.1 Å². The summed E-state index contributed by atoms with van der Waals surface area (Å²) >= 11 is 0. The zero-order chi connectivity index (χ0) is 14.4. The Hall–Kier alpha value is -1.52. The second kappa shape index (κ2) is 7.16. The average Bonchev–Trinajstić information content (AvgIpc) is 2.77. The molecule has 0 fully saturated rings. The lowest BCUT2D eigenvalue weighted by atomic mass is 10.2. The van der Waals surface area contributed by atoms with Crippen LogP contribution < -0.4 is 10.1 Å². The van der Waals surface area contributed by atoms with E-state index < -0.39 is 6.10 Å². The minimum Gasteiger partial charge on any atom is -0.478 e. The highest BCUT2D eigenvalue weighted by Gasteiger charge is 2.17. The lowest BCUT2D eigenvalue weighted by Crippen LogP contribution is -2.41. The molecule has 0 radical (unpaired) electrons. The Labute approximate surface area is 115 Å². The van der Waals surface area contributed by atoms with Crippen LogP contribution in [0.25, 0.3) is 0 Å². The van der Waals surface area contributed by atoms with E-state index in [-0.39, 0.29) is 18.0 Å². The van der Waals surface area contributed by atoms with Crippen molar-refractivity contribution in [3.63, 3.8) is 0 Å². The molecule has 2 unspecified atom stereocenters. The summed E-state index contributed by atoms with van der Waals surface area (Å²) < 4.78 is 7.40. The number of nitrogens with zero attached hydrogens (tertiary/aromatic N) is 2. The van der Waals surface area contributed by atoms with E-state index in [1.165, 1.54) is 0 Å². The second-order valence-electron chi connectivity index (χ2n) is 5.21. The molecular formula is C14H25N3O2. The summed E-state index contributed by atoms with van der Waals surface area (Å²) in [5.74, 6) is 0.540. The third kappa shape index (κ3) is 4.93. The highest BCUT2D eigenvalue weighted by atomic mass is 16.5. The van der Waals surface area contributed by atoms with Crippen molar-refractivity contribution < 1.29 is 9.53 Å². The number of nitrogens with one attached hydrogen (secondary N) is 1.